The van der Waals surface area contributed by atoms with Gasteiger partial charge in [-0.2, -0.15) is 0 Å². The summed E-state index contributed by atoms with van der Waals surface area (Å²) in [5, 5.41) is 0. The van der Waals surface area contributed by atoms with Crippen molar-refractivity contribution in [1.29, 1.82) is 0 Å². The predicted octanol–water partition coefficient (Wildman–Crippen LogP) is 3.76. The Morgan fingerprint density at radius 1 is 1.38 bits per heavy atom. The molecule has 0 heterocycles. The summed E-state index contributed by atoms with van der Waals surface area (Å²) in [7, 11) is 0. The van der Waals surface area contributed by atoms with Gasteiger partial charge in [-0.1, -0.05) is 25.2 Å². The normalized spacial score (nSPS) is 39.6. The van der Waals surface area contributed by atoms with Crippen LogP contribution in [0.2, 0.25) is 0 Å². The quantitative estimate of drug-likeness (QED) is 0.392. The largest absolute Gasteiger partial charge is 0.298 e. The maximum atomic E-state index is 10.7. The molecule has 0 saturated heterocycles. The minimum absolute atomic E-state index is 0.571. The van der Waals surface area contributed by atoms with Crippen LogP contribution >= 0.6 is 0 Å². The molecule has 0 aromatic rings. The molecule has 2 fully saturated rings. The molecule has 0 radical (unpaired) electrons. The fourth-order valence-corrected chi connectivity index (χ4v) is 3.67. The van der Waals surface area contributed by atoms with Crippen molar-refractivity contribution in [1.82, 2.24) is 0 Å². The van der Waals surface area contributed by atoms with Gasteiger partial charge < -0.3 is 0 Å². The van der Waals surface area contributed by atoms with Gasteiger partial charge in [-0.15, -0.1) is 0 Å². The predicted molar refractivity (Wildman–Crippen MR) is 67.1 cm³/mol. The minimum Gasteiger partial charge on any atom is -0.298 e. The number of aldehydes is 1. The molecule has 0 aromatic carbocycles. The van der Waals surface area contributed by atoms with Crippen molar-refractivity contribution in [3.05, 3.63) is 23.8 Å². The topological polar surface area (TPSA) is 17.1 Å². The maximum absolute atomic E-state index is 10.7. The Morgan fingerprint density at radius 3 is 2.81 bits per heavy atom. The highest BCUT2D eigenvalue weighted by Crippen LogP contribution is 2.50. The van der Waals surface area contributed by atoms with E-state index in [-0.39, 0.29) is 0 Å². The number of hydrogen-bond acceptors (Lipinski definition) is 1. The zero-order valence-corrected chi connectivity index (χ0v) is 10.4. The van der Waals surface area contributed by atoms with Gasteiger partial charge in [0.25, 0.3) is 0 Å². The van der Waals surface area contributed by atoms with Crippen LogP contribution in [0.15, 0.2) is 23.8 Å². The van der Waals surface area contributed by atoms with Crippen molar-refractivity contribution in [3.8, 4) is 0 Å². The van der Waals surface area contributed by atoms with Gasteiger partial charge in [0, 0.05) is 0 Å². The first-order chi connectivity index (χ1) is 7.63. The first-order valence-corrected chi connectivity index (χ1v) is 6.44. The van der Waals surface area contributed by atoms with Crippen molar-refractivity contribution in [3.63, 3.8) is 0 Å². The second-order valence-electron chi connectivity index (χ2n) is 5.63. The number of rotatable bonds is 2. The van der Waals surface area contributed by atoms with Gasteiger partial charge in [0.05, 0.1) is 0 Å². The van der Waals surface area contributed by atoms with Crippen LogP contribution < -0.4 is 0 Å². The van der Waals surface area contributed by atoms with E-state index in [1.165, 1.54) is 31.3 Å². The van der Waals surface area contributed by atoms with E-state index in [4.69, 9.17) is 0 Å². The molecule has 1 nitrogen and oxygen atoms in total. The maximum Gasteiger partial charge on any atom is 0.145 e. The Bertz CT molecular complexity index is 326. The Kier molecular flexibility index (Phi) is 3.32. The van der Waals surface area contributed by atoms with Crippen LogP contribution in [0.1, 0.15) is 39.5 Å². The smallest absolute Gasteiger partial charge is 0.145 e. The van der Waals surface area contributed by atoms with Gasteiger partial charge in [0.2, 0.25) is 0 Å². The summed E-state index contributed by atoms with van der Waals surface area (Å²) in [6, 6.07) is 0. The van der Waals surface area contributed by atoms with E-state index in [1.54, 1.807) is 0 Å². The molecule has 2 saturated carbocycles. The fourth-order valence-electron chi connectivity index (χ4n) is 3.67. The lowest BCUT2D eigenvalue weighted by atomic mass is 9.67. The Morgan fingerprint density at radius 2 is 2.12 bits per heavy atom. The second-order valence-corrected chi connectivity index (χ2v) is 5.63. The minimum atomic E-state index is 0.571. The Labute approximate surface area is 98.6 Å². The van der Waals surface area contributed by atoms with Gasteiger partial charge in [0.15, 0.2) is 0 Å². The molecule has 0 amide bonds. The summed E-state index contributed by atoms with van der Waals surface area (Å²) >= 11 is 0. The average molecular weight is 218 g/mol. The van der Waals surface area contributed by atoms with Crippen molar-refractivity contribution in [2.45, 2.75) is 39.5 Å². The molecule has 2 aliphatic rings. The third-order valence-electron chi connectivity index (χ3n) is 4.54. The number of hydrogen-bond donors (Lipinski definition) is 0. The molecule has 2 rings (SSSR count). The van der Waals surface area contributed by atoms with Crippen molar-refractivity contribution < 1.29 is 4.79 Å². The molecule has 0 spiro atoms. The molecule has 0 aliphatic heterocycles. The summed E-state index contributed by atoms with van der Waals surface area (Å²) < 4.78 is 0. The van der Waals surface area contributed by atoms with Crippen molar-refractivity contribution in [2.24, 2.45) is 23.7 Å². The molecular weight excluding hydrogens is 196 g/mol. The number of carbonyl (C=O) groups excluding carboxylic acids is 1. The van der Waals surface area contributed by atoms with Crippen LogP contribution in [-0.4, -0.2) is 6.29 Å². The van der Waals surface area contributed by atoms with E-state index in [0.717, 1.165) is 23.7 Å². The molecule has 0 N–H and O–H groups in total. The van der Waals surface area contributed by atoms with Crippen LogP contribution in [0.3, 0.4) is 0 Å². The third kappa shape index (κ3) is 2.00. The zero-order chi connectivity index (χ0) is 11.7. The molecule has 4 atom stereocenters. The average Bonchev–Trinajstić information content (AvgIpc) is 2.66. The molecule has 0 bridgehead atoms. The van der Waals surface area contributed by atoms with Gasteiger partial charge in [-0.25, -0.2) is 0 Å². The SMILES string of the molecule is C=C1CC[C@H]2[C@@H]1[C@H](/C=C(\C)C=O)CC[C@@H]2C. The lowest BCUT2D eigenvalue weighted by Gasteiger charge is -2.37. The summed E-state index contributed by atoms with van der Waals surface area (Å²) in [6.07, 6.45) is 8.21. The van der Waals surface area contributed by atoms with E-state index in [0.29, 0.717) is 11.8 Å². The van der Waals surface area contributed by atoms with Crippen molar-refractivity contribution >= 4 is 6.29 Å². The summed E-state index contributed by atoms with van der Waals surface area (Å²) in [4.78, 5) is 10.7. The summed E-state index contributed by atoms with van der Waals surface area (Å²) in [6.45, 7) is 8.53. The molecule has 0 unspecified atom stereocenters. The lowest BCUT2D eigenvalue weighted by Crippen LogP contribution is -2.29. The van der Waals surface area contributed by atoms with Crippen LogP contribution in [0.4, 0.5) is 0 Å². The molecule has 16 heavy (non-hydrogen) atoms. The Hall–Kier alpha value is -0.850. The van der Waals surface area contributed by atoms with E-state index >= 15 is 0 Å². The molecule has 88 valence electrons. The monoisotopic (exact) mass is 218 g/mol. The third-order valence-corrected chi connectivity index (χ3v) is 4.54. The van der Waals surface area contributed by atoms with E-state index in [2.05, 4.69) is 19.6 Å². The molecule has 2 aliphatic carbocycles. The highest BCUT2D eigenvalue weighted by molar-refractivity contribution is 5.72. The highest BCUT2D eigenvalue weighted by Gasteiger charge is 2.41. The van der Waals surface area contributed by atoms with Gasteiger partial charge in [-0.05, 0) is 61.9 Å². The van der Waals surface area contributed by atoms with E-state index in [9.17, 15) is 4.79 Å². The standard InChI is InChI=1S/C15H22O/c1-10(9-16)8-13-6-4-11(2)14-7-5-12(3)15(13)14/h8-9,11,13-15H,3-7H2,1-2H3/b10-8+/t11-,13-,14+,15-/m0/s1. The second kappa shape index (κ2) is 4.57. The van der Waals surface area contributed by atoms with Gasteiger partial charge in [-0.3, -0.25) is 4.79 Å². The first-order valence-electron chi connectivity index (χ1n) is 6.44. The van der Waals surface area contributed by atoms with Crippen LogP contribution in [0.25, 0.3) is 0 Å². The zero-order valence-electron chi connectivity index (χ0n) is 10.4. The summed E-state index contributed by atoms with van der Waals surface area (Å²) in [5.74, 6) is 2.88. The number of fused-ring (bicyclic) bond motifs is 1. The van der Waals surface area contributed by atoms with Gasteiger partial charge >= 0.3 is 0 Å². The van der Waals surface area contributed by atoms with E-state index in [1.807, 2.05) is 6.92 Å². The molecular formula is C15H22O. The molecule has 1 heteroatoms. The molecule has 0 aromatic heterocycles. The van der Waals surface area contributed by atoms with Crippen LogP contribution in [-0.2, 0) is 4.79 Å². The summed E-state index contributed by atoms with van der Waals surface area (Å²) in [5.41, 5.74) is 2.31. The first kappa shape index (κ1) is 11.6. The van der Waals surface area contributed by atoms with Crippen LogP contribution in [0.5, 0.6) is 0 Å². The lowest BCUT2D eigenvalue weighted by molar-refractivity contribution is -0.104. The number of allylic oxidation sites excluding steroid dienone is 3. The van der Waals surface area contributed by atoms with Crippen molar-refractivity contribution in [2.75, 3.05) is 0 Å². The number of carbonyl (C=O) groups is 1. The van der Waals surface area contributed by atoms with Gasteiger partial charge in [0.1, 0.15) is 6.29 Å². The van der Waals surface area contributed by atoms with Crippen LogP contribution in [0, 0.1) is 23.7 Å². The Balaban J connectivity index is 2.20. The van der Waals surface area contributed by atoms with E-state index < -0.39 is 0 Å². The fraction of sp³-hybridized carbons (Fsp3) is 0.667. The highest BCUT2D eigenvalue weighted by atomic mass is 16.1.